The summed E-state index contributed by atoms with van der Waals surface area (Å²) in [6, 6.07) is 16.3. The summed E-state index contributed by atoms with van der Waals surface area (Å²) in [7, 11) is 0. The van der Waals surface area contributed by atoms with E-state index in [4.69, 9.17) is 4.42 Å². The lowest BCUT2D eigenvalue weighted by molar-refractivity contribution is 0.0945. The minimum absolute atomic E-state index is 0.249. The summed E-state index contributed by atoms with van der Waals surface area (Å²) >= 11 is 0. The van der Waals surface area contributed by atoms with Crippen molar-refractivity contribution in [1.82, 2.24) is 25.1 Å². The van der Waals surface area contributed by atoms with Crippen LogP contribution in [0.25, 0.3) is 0 Å². The molecule has 0 aliphatic carbocycles. The van der Waals surface area contributed by atoms with E-state index in [-0.39, 0.29) is 5.91 Å². The van der Waals surface area contributed by atoms with E-state index in [9.17, 15) is 4.79 Å². The van der Waals surface area contributed by atoms with Gasteiger partial charge in [0.2, 0.25) is 5.89 Å². The zero-order valence-corrected chi connectivity index (χ0v) is 17.3. The summed E-state index contributed by atoms with van der Waals surface area (Å²) in [6.45, 7) is 7.81. The number of aryl methyl sites for hydroxylation is 1. The zero-order valence-electron chi connectivity index (χ0n) is 17.3. The van der Waals surface area contributed by atoms with Crippen LogP contribution in [0.15, 0.2) is 59.2 Å². The van der Waals surface area contributed by atoms with Gasteiger partial charge in [0.1, 0.15) is 6.26 Å². The molecule has 156 valence electrons. The van der Waals surface area contributed by atoms with E-state index in [1.165, 1.54) is 11.8 Å². The number of nitrogens with one attached hydrogen (secondary N) is 1. The molecule has 0 saturated carbocycles. The normalized spacial score (nSPS) is 15.2. The Morgan fingerprint density at radius 1 is 0.967 bits per heavy atom. The number of hydrogen-bond acceptors (Lipinski definition) is 6. The van der Waals surface area contributed by atoms with E-state index in [2.05, 4.69) is 49.4 Å². The Morgan fingerprint density at radius 3 is 2.43 bits per heavy atom. The Hall–Kier alpha value is -3.03. The molecule has 1 N–H and O–H groups in total. The van der Waals surface area contributed by atoms with Crippen LogP contribution < -0.4 is 5.32 Å². The SMILES string of the molecule is Cc1cccc(CNC(=O)c2coc(CN3CCN(Cc4ccccc4)CC3)n2)n1. The molecule has 3 aromatic rings. The molecule has 1 aromatic carbocycles. The van der Waals surface area contributed by atoms with E-state index in [0.29, 0.717) is 24.7 Å². The first-order chi connectivity index (χ1) is 14.7. The predicted octanol–water partition coefficient (Wildman–Crippen LogP) is 2.63. The van der Waals surface area contributed by atoms with Gasteiger partial charge in [-0.05, 0) is 24.6 Å². The molecule has 2 aromatic heterocycles. The average Bonchev–Trinajstić information content (AvgIpc) is 3.23. The van der Waals surface area contributed by atoms with Gasteiger partial charge in [-0.15, -0.1) is 0 Å². The van der Waals surface area contributed by atoms with Gasteiger partial charge >= 0.3 is 0 Å². The molecule has 4 rings (SSSR count). The Kier molecular flexibility index (Phi) is 6.51. The van der Waals surface area contributed by atoms with Gasteiger partial charge in [0, 0.05) is 38.4 Å². The van der Waals surface area contributed by atoms with Gasteiger partial charge in [-0.3, -0.25) is 19.6 Å². The number of piperazine rings is 1. The van der Waals surface area contributed by atoms with Crippen LogP contribution in [0.1, 0.15) is 33.3 Å². The first-order valence-electron chi connectivity index (χ1n) is 10.3. The van der Waals surface area contributed by atoms with Gasteiger partial charge < -0.3 is 9.73 Å². The number of rotatable bonds is 7. The highest BCUT2D eigenvalue weighted by molar-refractivity contribution is 5.91. The van der Waals surface area contributed by atoms with E-state index in [1.807, 2.05) is 31.2 Å². The molecule has 0 bridgehead atoms. The lowest BCUT2D eigenvalue weighted by Gasteiger charge is -2.34. The fraction of sp³-hybridized carbons (Fsp3) is 0.348. The van der Waals surface area contributed by atoms with Crippen molar-refractivity contribution in [2.24, 2.45) is 0 Å². The van der Waals surface area contributed by atoms with Crippen molar-refractivity contribution in [3.63, 3.8) is 0 Å². The molecule has 0 spiro atoms. The molecule has 0 atom stereocenters. The number of oxazole rings is 1. The maximum absolute atomic E-state index is 12.3. The van der Waals surface area contributed by atoms with Crippen LogP contribution in [0, 0.1) is 6.92 Å². The molecule has 0 unspecified atom stereocenters. The summed E-state index contributed by atoms with van der Waals surface area (Å²) in [5.74, 6) is 0.325. The van der Waals surface area contributed by atoms with Crippen molar-refractivity contribution < 1.29 is 9.21 Å². The van der Waals surface area contributed by atoms with Crippen LogP contribution in [0.4, 0.5) is 0 Å². The van der Waals surface area contributed by atoms with Gasteiger partial charge in [0.25, 0.3) is 5.91 Å². The standard InChI is InChI=1S/C23H27N5O2/c1-18-6-5-9-20(25-18)14-24-23(29)21-17-30-22(26-21)16-28-12-10-27(11-13-28)15-19-7-3-2-4-8-19/h2-9,17H,10-16H2,1H3,(H,24,29). The maximum Gasteiger partial charge on any atom is 0.273 e. The Labute approximate surface area is 176 Å². The van der Waals surface area contributed by atoms with Crippen molar-refractivity contribution in [3.8, 4) is 0 Å². The van der Waals surface area contributed by atoms with Gasteiger partial charge in [0.15, 0.2) is 5.69 Å². The zero-order chi connectivity index (χ0) is 20.8. The first kappa shape index (κ1) is 20.3. The maximum atomic E-state index is 12.3. The number of benzene rings is 1. The Balaban J connectivity index is 1.23. The highest BCUT2D eigenvalue weighted by Gasteiger charge is 2.20. The number of carbonyl (C=O) groups is 1. The molecule has 1 aliphatic heterocycles. The van der Waals surface area contributed by atoms with Crippen molar-refractivity contribution in [2.45, 2.75) is 26.6 Å². The van der Waals surface area contributed by atoms with Crippen LogP contribution in [-0.2, 0) is 19.6 Å². The number of pyridine rings is 1. The van der Waals surface area contributed by atoms with Gasteiger partial charge in [-0.25, -0.2) is 4.98 Å². The highest BCUT2D eigenvalue weighted by Crippen LogP contribution is 2.12. The second kappa shape index (κ2) is 9.65. The topological polar surface area (TPSA) is 74.5 Å². The van der Waals surface area contributed by atoms with E-state index >= 15 is 0 Å². The van der Waals surface area contributed by atoms with E-state index in [1.54, 1.807) is 0 Å². The van der Waals surface area contributed by atoms with E-state index in [0.717, 1.165) is 44.1 Å². The van der Waals surface area contributed by atoms with Crippen LogP contribution in [0.2, 0.25) is 0 Å². The molecular weight excluding hydrogens is 378 g/mol. The van der Waals surface area contributed by atoms with E-state index < -0.39 is 0 Å². The van der Waals surface area contributed by atoms with Gasteiger partial charge in [-0.2, -0.15) is 0 Å². The molecule has 3 heterocycles. The van der Waals surface area contributed by atoms with Crippen LogP contribution in [0.5, 0.6) is 0 Å². The van der Waals surface area contributed by atoms with Crippen LogP contribution >= 0.6 is 0 Å². The van der Waals surface area contributed by atoms with Gasteiger partial charge in [-0.1, -0.05) is 36.4 Å². The predicted molar refractivity (Wildman–Crippen MR) is 114 cm³/mol. The fourth-order valence-electron chi connectivity index (χ4n) is 3.59. The largest absolute Gasteiger partial charge is 0.447 e. The first-order valence-corrected chi connectivity index (χ1v) is 10.3. The third kappa shape index (κ3) is 5.52. The molecule has 7 heteroatoms. The smallest absolute Gasteiger partial charge is 0.273 e. The number of nitrogens with zero attached hydrogens (tertiary/aromatic N) is 4. The van der Waals surface area contributed by atoms with Crippen LogP contribution in [0.3, 0.4) is 0 Å². The van der Waals surface area contributed by atoms with Gasteiger partial charge in [0.05, 0.1) is 18.8 Å². The Morgan fingerprint density at radius 2 is 1.70 bits per heavy atom. The molecule has 30 heavy (non-hydrogen) atoms. The molecule has 1 amide bonds. The van der Waals surface area contributed by atoms with Crippen molar-refractivity contribution in [3.05, 3.63) is 83.3 Å². The lowest BCUT2D eigenvalue weighted by atomic mass is 10.2. The molecule has 7 nitrogen and oxygen atoms in total. The monoisotopic (exact) mass is 405 g/mol. The average molecular weight is 406 g/mol. The highest BCUT2D eigenvalue weighted by atomic mass is 16.3. The lowest BCUT2D eigenvalue weighted by Crippen LogP contribution is -2.45. The minimum Gasteiger partial charge on any atom is -0.447 e. The second-order valence-electron chi connectivity index (χ2n) is 7.62. The van der Waals surface area contributed by atoms with Crippen molar-refractivity contribution >= 4 is 5.91 Å². The second-order valence-corrected chi connectivity index (χ2v) is 7.62. The molecule has 0 radical (unpaired) electrons. The number of carbonyl (C=O) groups excluding carboxylic acids is 1. The van der Waals surface area contributed by atoms with Crippen molar-refractivity contribution in [1.29, 1.82) is 0 Å². The minimum atomic E-state index is -0.249. The fourth-order valence-corrected chi connectivity index (χ4v) is 3.59. The summed E-state index contributed by atoms with van der Waals surface area (Å²) < 4.78 is 5.54. The van der Waals surface area contributed by atoms with Crippen molar-refractivity contribution in [2.75, 3.05) is 26.2 Å². The molecular formula is C23H27N5O2. The number of amides is 1. The summed E-state index contributed by atoms with van der Waals surface area (Å²) in [4.78, 5) is 25.9. The summed E-state index contributed by atoms with van der Waals surface area (Å²) in [6.07, 6.45) is 1.43. The quantitative estimate of drug-likeness (QED) is 0.651. The summed E-state index contributed by atoms with van der Waals surface area (Å²) in [5, 5.41) is 2.84. The third-order valence-electron chi connectivity index (χ3n) is 5.23. The molecule has 1 fully saturated rings. The molecule has 1 saturated heterocycles. The number of hydrogen-bond donors (Lipinski definition) is 1. The number of aromatic nitrogens is 2. The third-order valence-corrected chi connectivity index (χ3v) is 5.23. The Bertz CT molecular complexity index is 964. The van der Waals surface area contributed by atoms with Crippen LogP contribution in [-0.4, -0.2) is 51.9 Å². The molecule has 1 aliphatic rings. The summed E-state index contributed by atoms with van der Waals surface area (Å²) in [5.41, 5.74) is 3.39.